The summed E-state index contributed by atoms with van der Waals surface area (Å²) >= 11 is 7.22. The fourth-order valence-corrected chi connectivity index (χ4v) is 3.61. The Morgan fingerprint density at radius 3 is 2.69 bits per heavy atom. The van der Waals surface area contributed by atoms with Crippen LogP contribution in [0.1, 0.15) is 20.8 Å². The van der Waals surface area contributed by atoms with Crippen LogP contribution in [0.5, 0.6) is 11.5 Å². The Labute approximate surface area is 176 Å². The number of nitro benzene ring substituents is 1. The minimum Gasteiger partial charge on any atom is -0.494 e. The zero-order valence-electron chi connectivity index (χ0n) is 15.6. The second-order valence-electron chi connectivity index (χ2n) is 6.11. The third-order valence-corrected chi connectivity index (χ3v) is 5.27. The number of carbonyl (C=O) groups is 1. The van der Waals surface area contributed by atoms with Crippen molar-refractivity contribution in [1.29, 1.82) is 0 Å². The van der Waals surface area contributed by atoms with Crippen molar-refractivity contribution in [2.75, 3.05) is 12.4 Å². The van der Waals surface area contributed by atoms with Crippen LogP contribution >= 0.6 is 22.9 Å². The molecule has 7 nitrogen and oxygen atoms in total. The number of nitrogens with zero attached hydrogens (tertiary/aromatic N) is 1. The Bertz CT molecular complexity index is 1070. The lowest BCUT2D eigenvalue weighted by atomic mass is 10.2. The number of nitro groups is 1. The molecule has 0 aliphatic heterocycles. The van der Waals surface area contributed by atoms with Gasteiger partial charge in [0, 0.05) is 16.7 Å². The van der Waals surface area contributed by atoms with Crippen LogP contribution in [-0.4, -0.2) is 17.9 Å². The first-order valence-corrected chi connectivity index (χ1v) is 9.73. The molecule has 0 radical (unpaired) electrons. The van der Waals surface area contributed by atoms with Gasteiger partial charge in [0.15, 0.2) is 0 Å². The highest BCUT2D eigenvalue weighted by Gasteiger charge is 2.16. The van der Waals surface area contributed by atoms with Gasteiger partial charge in [-0.25, -0.2) is 0 Å². The minimum absolute atomic E-state index is 0.118. The number of carbonyl (C=O) groups excluding carboxylic acids is 1. The minimum atomic E-state index is -0.526. The van der Waals surface area contributed by atoms with Gasteiger partial charge < -0.3 is 14.8 Å². The Balaban J connectivity index is 1.67. The number of hydrogen-bond donors (Lipinski definition) is 1. The smallest absolute Gasteiger partial charge is 0.273 e. The average molecular weight is 433 g/mol. The molecule has 0 saturated heterocycles. The molecule has 150 valence electrons. The van der Waals surface area contributed by atoms with E-state index in [1.807, 2.05) is 18.4 Å². The molecule has 0 atom stereocenters. The second-order valence-corrected chi connectivity index (χ2v) is 7.46. The van der Waals surface area contributed by atoms with Crippen molar-refractivity contribution in [3.05, 3.63) is 79.0 Å². The molecule has 1 aromatic heterocycles. The van der Waals surface area contributed by atoms with Gasteiger partial charge in [-0.2, -0.15) is 0 Å². The third-order valence-electron chi connectivity index (χ3n) is 4.05. The largest absolute Gasteiger partial charge is 0.494 e. The number of amides is 1. The van der Waals surface area contributed by atoms with Crippen LogP contribution in [0, 0.1) is 17.0 Å². The molecule has 1 amide bonds. The molecule has 3 rings (SSSR count). The number of anilines is 1. The van der Waals surface area contributed by atoms with Crippen LogP contribution < -0.4 is 14.8 Å². The van der Waals surface area contributed by atoms with Crippen LogP contribution in [0.25, 0.3) is 0 Å². The van der Waals surface area contributed by atoms with Gasteiger partial charge in [-0.15, -0.1) is 11.3 Å². The maximum atomic E-state index is 12.5. The highest BCUT2D eigenvalue weighted by atomic mass is 35.5. The summed E-state index contributed by atoms with van der Waals surface area (Å²) in [6.45, 7) is 2.22. The first-order chi connectivity index (χ1) is 13.9. The summed E-state index contributed by atoms with van der Waals surface area (Å²) in [5.41, 5.74) is 2.01. The van der Waals surface area contributed by atoms with Crippen molar-refractivity contribution in [3.8, 4) is 11.5 Å². The number of nitrogens with one attached hydrogen (secondary N) is 1. The fraction of sp³-hybridized carbons (Fsp3) is 0.150. The highest BCUT2D eigenvalue weighted by Crippen LogP contribution is 2.30. The third kappa shape index (κ3) is 5.04. The molecule has 0 spiro atoms. The zero-order chi connectivity index (χ0) is 21.0. The van der Waals surface area contributed by atoms with E-state index >= 15 is 0 Å². The van der Waals surface area contributed by atoms with E-state index in [1.54, 1.807) is 18.2 Å². The average Bonchev–Trinajstić information content (AvgIpc) is 3.16. The number of non-ortho nitro benzene ring substituents is 1. The molecule has 0 bridgehead atoms. The summed E-state index contributed by atoms with van der Waals surface area (Å²) in [7, 11) is 1.38. The SMILES string of the molecule is COc1cc([N+](=O)[O-])ccc1NC(=O)c1cc(COc2ccc(Cl)cc2C)cs1. The van der Waals surface area contributed by atoms with Gasteiger partial charge in [0.05, 0.1) is 28.7 Å². The van der Waals surface area contributed by atoms with Gasteiger partial charge in [-0.1, -0.05) is 11.6 Å². The number of thiophene rings is 1. The van der Waals surface area contributed by atoms with Crippen molar-refractivity contribution in [2.45, 2.75) is 13.5 Å². The Hall–Kier alpha value is -3.10. The number of halogens is 1. The molecular weight excluding hydrogens is 416 g/mol. The lowest BCUT2D eigenvalue weighted by Gasteiger charge is -2.09. The maximum absolute atomic E-state index is 12.5. The van der Waals surface area contributed by atoms with Crippen molar-refractivity contribution in [1.82, 2.24) is 0 Å². The standard InChI is InChI=1S/C20H17ClN2O5S/c1-12-7-14(21)3-6-17(12)28-10-13-8-19(29-11-13)20(24)22-16-5-4-15(23(25)26)9-18(16)27-2/h3-9,11H,10H2,1-2H3,(H,22,24). The van der Waals surface area contributed by atoms with E-state index in [0.29, 0.717) is 22.2 Å². The van der Waals surface area contributed by atoms with E-state index in [9.17, 15) is 14.9 Å². The number of aryl methyl sites for hydroxylation is 1. The van der Waals surface area contributed by atoms with Gasteiger partial charge in [0.1, 0.15) is 18.1 Å². The number of ether oxygens (including phenoxy) is 2. The van der Waals surface area contributed by atoms with Crippen molar-refractivity contribution in [2.24, 2.45) is 0 Å². The van der Waals surface area contributed by atoms with E-state index in [4.69, 9.17) is 21.1 Å². The molecule has 1 heterocycles. The van der Waals surface area contributed by atoms with Gasteiger partial charge in [-0.3, -0.25) is 14.9 Å². The summed E-state index contributed by atoms with van der Waals surface area (Å²) in [4.78, 5) is 23.4. The van der Waals surface area contributed by atoms with E-state index < -0.39 is 4.92 Å². The summed E-state index contributed by atoms with van der Waals surface area (Å²) in [6, 6.07) is 11.1. The molecule has 3 aromatic rings. The predicted molar refractivity (Wildman–Crippen MR) is 112 cm³/mol. The van der Waals surface area contributed by atoms with Crippen molar-refractivity contribution in [3.63, 3.8) is 0 Å². The monoisotopic (exact) mass is 432 g/mol. The first kappa shape index (κ1) is 20.6. The first-order valence-electron chi connectivity index (χ1n) is 8.47. The van der Waals surface area contributed by atoms with Gasteiger partial charge in [0.2, 0.25) is 0 Å². The highest BCUT2D eigenvalue weighted by molar-refractivity contribution is 7.12. The number of methoxy groups -OCH3 is 1. The Kier molecular flexibility index (Phi) is 6.36. The van der Waals surface area contributed by atoms with Crippen molar-refractivity contribution < 1.29 is 19.2 Å². The molecule has 0 unspecified atom stereocenters. The van der Waals surface area contributed by atoms with Crippen LogP contribution in [0.15, 0.2) is 47.8 Å². The lowest BCUT2D eigenvalue weighted by Crippen LogP contribution is -2.11. The molecule has 0 fully saturated rings. The molecule has 2 aromatic carbocycles. The normalized spacial score (nSPS) is 10.4. The number of benzene rings is 2. The van der Waals surface area contributed by atoms with Crippen LogP contribution in [-0.2, 0) is 6.61 Å². The second kappa shape index (κ2) is 8.93. The quantitative estimate of drug-likeness (QED) is 0.395. The molecule has 1 N–H and O–H groups in total. The van der Waals surface area contributed by atoms with Gasteiger partial charge >= 0.3 is 0 Å². The summed E-state index contributed by atoms with van der Waals surface area (Å²) < 4.78 is 10.9. The Morgan fingerprint density at radius 1 is 1.21 bits per heavy atom. The van der Waals surface area contributed by atoms with Gasteiger partial charge in [0.25, 0.3) is 11.6 Å². The predicted octanol–water partition coefficient (Wildman–Crippen LogP) is 5.46. The molecule has 29 heavy (non-hydrogen) atoms. The fourth-order valence-electron chi connectivity index (χ4n) is 2.59. The summed E-state index contributed by atoms with van der Waals surface area (Å²) in [5, 5.41) is 16.1. The van der Waals surface area contributed by atoms with E-state index in [-0.39, 0.29) is 17.3 Å². The summed E-state index contributed by atoms with van der Waals surface area (Å²) in [6.07, 6.45) is 0. The molecular formula is C20H17ClN2O5S. The van der Waals surface area contributed by atoms with Crippen LogP contribution in [0.4, 0.5) is 11.4 Å². The number of hydrogen-bond acceptors (Lipinski definition) is 6. The lowest BCUT2D eigenvalue weighted by molar-refractivity contribution is -0.384. The Morgan fingerprint density at radius 2 is 2.00 bits per heavy atom. The number of rotatable bonds is 7. The van der Waals surface area contributed by atoms with Crippen molar-refractivity contribution >= 4 is 40.2 Å². The molecule has 9 heteroatoms. The van der Waals surface area contributed by atoms with Crippen LogP contribution in [0.2, 0.25) is 5.02 Å². The van der Waals surface area contributed by atoms with E-state index in [2.05, 4.69) is 5.32 Å². The van der Waals surface area contributed by atoms with E-state index in [0.717, 1.165) is 16.9 Å². The molecule has 0 aliphatic carbocycles. The topological polar surface area (TPSA) is 90.7 Å². The van der Waals surface area contributed by atoms with E-state index in [1.165, 1.54) is 36.6 Å². The molecule has 0 saturated carbocycles. The molecule has 0 aliphatic rings. The van der Waals surface area contributed by atoms with Crippen LogP contribution in [0.3, 0.4) is 0 Å². The maximum Gasteiger partial charge on any atom is 0.273 e. The summed E-state index contributed by atoms with van der Waals surface area (Å²) in [5.74, 6) is 0.601. The zero-order valence-corrected chi connectivity index (χ0v) is 17.2. The van der Waals surface area contributed by atoms with Gasteiger partial charge in [-0.05, 0) is 48.2 Å².